The zero-order chi connectivity index (χ0) is 17.6. The van der Waals surface area contributed by atoms with Gasteiger partial charge in [-0.3, -0.25) is 4.79 Å². The molecule has 7 heteroatoms. The summed E-state index contributed by atoms with van der Waals surface area (Å²) in [5.41, 5.74) is 0.0228. The van der Waals surface area contributed by atoms with Crippen LogP contribution in [0.1, 0.15) is 6.92 Å². The van der Waals surface area contributed by atoms with Gasteiger partial charge in [0.25, 0.3) is 5.91 Å². The van der Waals surface area contributed by atoms with Crippen LogP contribution in [-0.2, 0) is 9.53 Å². The van der Waals surface area contributed by atoms with E-state index in [1.54, 1.807) is 31.2 Å². The number of amides is 1. The lowest BCUT2D eigenvalue weighted by molar-refractivity contribution is -0.906. The van der Waals surface area contributed by atoms with E-state index in [2.05, 4.69) is 5.32 Å². The molecule has 0 bridgehead atoms. The highest BCUT2D eigenvalue weighted by molar-refractivity contribution is 5.81. The van der Waals surface area contributed by atoms with Gasteiger partial charge >= 0.3 is 5.63 Å². The molecule has 2 N–H and O–H groups in total. The largest absolute Gasteiger partial charge is 0.481 e. The third-order valence-corrected chi connectivity index (χ3v) is 4.25. The molecule has 0 unspecified atom stereocenters. The summed E-state index contributed by atoms with van der Waals surface area (Å²) in [4.78, 5) is 24.9. The minimum absolute atomic E-state index is 0.165. The lowest BCUT2D eigenvalue weighted by atomic mass is 10.2. The first-order valence-corrected chi connectivity index (χ1v) is 8.51. The fourth-order valence-corrected chi connectivity index (χ4v) is 2.79. The van der Waals surface area contributed by atoms with Crippen LogP contribution in [0, 0.1) is 0 Å². The summed E-state index contributed by atoms with van der Waals surface area (Å²) in [6, 6.07) is 8.23. The van der Waals surface area contributed by atoms with Crippen LogP contribution in [0.15, 0.2) is 39.5 Å². The van der Waals surface area contributed by atoms with Crippen molar-refractivity contribution in [1.82, 2.24) is 5.32 Å². The van der Waals surface area contributed by atoms with Gasteiger partial charge < -0.3 is 24.1 Å². The van der Waals surface area contributed by atoms with Crippen LogP contribution in [0.3, 0.4) is 0 Å². The molecule has 1 fully saturated rings. The Hall–Kier alpha value is -2.38. The standard InChI is InChI=1S/C18H22N2O5/c1-13(18(22)19-6-7-20-8-10-23-11-9-20)24-15-4-2-14-3-5-17(21)25-16(14)12-15/h2-5,12-13H,6-11H2,1H3,(H,19,22)/p+1/t13-/m0/s1. The lowest BCUT2D eigenvalue weighted by Crippen LogP contribution is -3.14. The predicted octanol–water partition coefficient (Wildman–Crippen LogP) is -0.408. The number of fused-ring (bicyclic) bond motifs is 1. The number of quaternary nitrogens is 1. The van der Waals surface area contributed by atoms with Crippen molar-refractivity contribution < 1.29 is 23.6 Å². The van der Waals surface area contributed by atoms with Crippen LogP contribution >= 0.6 is 0 Å². The van der Waals surface area contributed by atoms with Crippen LogP contribution in [0.4, 0.5) is 0 Å². The van der Waals surface area contributed by atoms with E-state index in [1.165, 1.54) is 11.0 Å². The van der Waals surface area contributed by atoms with Gasteiger partial charge in [0.05, 0.1) is 26.3 Å². The SMILES string of the molecule is C[C@H](Oc1ccc2ccc(=O)oc2c1)C(=O)NCC[NH+]1CCOCC1. The van der Waals surface area contributed by atoms with Crippen molar-refractivity contribution in [1.29, 1.82) is 0 Å². The molecule has 134 valence electrons. The van der Waals surface area contributed by atoms with E-state index in [0.717, 1.165) is 38.2 Å². The van der Waals surface area contributed by atoms with E-state index >= 15 is 0 Å². The summed E-state index contributed by atoms with van der Waals surface area (Å²) in [5, 5.41) is 3.70. The van der Waals surface area contributed by atoms with Crippen molar-refractivity contribution in [3.05, 3.63) is 40.8 Å². The number of rotatable bonds is 6. The van der Waals surface area contributed by atoms with Crippen LogP contribution in [0.5, 0.6) is 5.75 Å². The number of nitrogens with one attached hydrogen (secondary N) is 2. The second-order valence-electron chi connectivity index (χ2n) is 6.12. The number of ether oxygens (including phenoxy) is 2. The minimum Gasteiger partial charge on any atom is -0.481 e. The molecule has 0 radical (unpaired) electrons. The van der Waals surface area contributed by atoms with Gasteiger partial charge in [-0.25, -0.2) is 4.79 Å². The fraction of sp³-hybridized carbons (Fsp3) is 0.444. The Morgan fingerprint density at radius 1 is 1.28 bits per heavy atom. The predicted molar refractivity (Wildman–Crippen MR) is 92.0 cm³/mol. The molecule has 0 aliphatic carbocycles. The highest BCUT2D eigenvalue weighted by atomic mass is 16.5. The molecule has 2 heterocycles. The number of hydrogen-bond donors (Lipinski definition) is 2. The van der Waals surface area contributed by atoms with Gasteiger partial charge in [-0.05, 0) is 25.1 Å². The highest BCUT2D eigenvalue weighted by Gasteiger charge is 2.17. The van der Waals surface area contributed by atoms with Crippen LogP contribution < -0.4 is 20.6 Å². The van der Waals surface area contributed by atoms with Gasteiger partial charge in [0, 0.05) is 17.5 Å². The minimum atomic E-state index is -0.632. The number of hydrogen-bond acceptors (Lipinski definition) is 5. The van der Waals surface area contributed by atoms with E-state index in [0.29, 0.717) is 17.9 Å². The summed E-state index contributed by atoms with van der Waals surface area (Å²) < 4.78 is 16.1. The molecule has 1 atom stereocenters. The van der Waals surface area contributed by atoms with Crippen molar-refractivity contribution in [3.8, 4) is 5.75 Å². The summed E-state index contributed by atoms with van der Waals surface area (Å²) >= 11 is 0. The van der Waals surface area contributed by atoms with Crippen molar-refractivity contribution in [2.75, 3.05) is 39.4 Å². The number of morpholine rings is 1. The molecule has 1 aliphatic rings. The normalized spacial score (nSPS) is 16.5. The van der Waals surface area contributed by atoms with Crippen LogP contribution in [-0.4, -0.2) is 51.4 Å². The Kier molecular flexibility index (Phi) is 5.67. The molecule has 1 aliphatic heterocycles. The van der Waals surface area contributed by atoms with Crippen molar-refractivity contribution in [2.45, 2.75) is 13.0 Å². The fourth-order valence-electron chi connectivity index (χ4n) is 2.79. The smallest absolute Gasteiger partial charge is 0.336 e. The van der Waals surface area contributed by atoms with Gasteiger partial charge in [0.1, 0.15) is 24.4 Å². The Morgan fingerprint density at radius 3 is 2.84 bits per heavy atom. The molecular weight excluding hydrogens is 324 g/mol. The topological polar surface area (TPSA) is 82.2 Å². The van der Waals surface area contributed by atoms with Crippen molar-refractivity contribution in [3.63, 3.8) is 0 Å². The monoisotopic (exact) mass is 347 g/mol. The number of carbonyl (C=O) groups excluding carboxylic acids is 1. The van der Waals surface area contributed by atoms with Gasteiger partial charge in [0.15, 0.2) is 6.10 Å². The molecule has 1 saturated heterocycles. The molecule has 0 spiro atoms. The third-order valence-electron chi connectivity index (χ3n) is 4.25. The van der Waals surface area contributed by atoms with Gasteiger partial charge in [-0.15, -0.1) is 0 Å². The van der Waals surface area contributed by atoms with E-state index in [4.69, 9.17) is 13.9 Å². The van der Waals surface area contributed by atoms with E-state index in [1.807, 2.05) is 0 Å². The van der Waals surface area contributed by atoms with E-state index in [-0.39, 0.29) is 5.91 Å². The zero-order valence-corrected chi connectivity index (χ0v) is 14.2. The molecular formula is C18H23N2O5+. The van der Waals surface area contributed by atoms with Crippen LogP contribution in [0.2, 0.25) is 0 Å². The summed E-state index contributed by atoms with van der Waals surface area (Å²) in [6.07, 6.45) is -0.632. The lowest BCUT2D eigenvalue weighted by Gasteiger charge is -2.24. The van der Waals surface area contributed by atoms with Crippen molar-refractivity contribution in [2.24, 2.45) is 0 Å². The first-order chi connectivity index (χ1) is 12.1. The van der Waals surface area contributed by atoms with Gasteiger partial charge in [-0.1, -0.05) is 0 Å². The van der Waals surface area contributed by atoms with E-state index in [9.17, 15) is 9.59 Å². The Morgan fingerprint density at radius 2 is 2.04 bits per heavy atom. The van der Waals surface area contributed by atoms with Crippen LogP contribution in [0.25, 0.3) is 11.0 Å². The molecule has 1 aromatic carbocycles. The van der Waals surface area contributed by atoms with E-state index < -0.39 is 11.7 Å². The highest BCUT2D eigenvalue weighted by Crippen LogP contribution is 2.20. The molecule has 7 nitrogen and oxygen atoms in total. The third kappa shape index (κ3) is 4.80. The van der Waals surface area contributed by atoms with Crippen molar-refractivity contribution >= 4 is 16.9 Å². The number of benzene rings is 1. The maximum absolute atomic E-state index is 12.2. The summed E-state index contributed by atoms with van der Waals surface area (Å²) in [5.74, 6) is 0.325. The Bertz CT molecular complexity index is 782. The molecule has 3 rings (SSSR count). The maximum Gasteiger partial charge on any atom is 0.336 e. The maximum atomic E-state index is 12.2. The van der Waals surface area contributed by atoms with Gasteiger partial charge in [0.2, 0.25) is 0 Å². The summed E-state index contributed by atoms with van der Waals surface area (Å²) in [6.45, 7) is 6.69. The molecule has 25 heavy (non-hydrogen) atoms. The summed E-state index contributed by atoms with van der Waals surface area (Å²) in [7, 11) is 0. The first kappa shape index (κ1) is 17.4. The molecule has 1 aromatic heterocycles. The Labute approximate surface area is 145 Å². The Balaban J connectivity index is 1.51. The molecule has 2 aromatic rings. The average molecular weight is 347 g/mol. The molecule has 1 amide bonds. The van der Waals surface area contributed by atoms with Gasteiger partial charge in [-0.2, -0.15) is 0 Å². The number of carbonyl (C=O) groups is 1. The first-order valence-electron chi connectivity index (χ1n) is 8.51. The average Bonchev–Trinajstić information content (AvgIpc) is 2.62. The second kappa shape index (κ2) is 8.13. The second-order valence-corrected chi connectivity index (χ2v) is 6.12. The quantitative estimate of drug-likeness (QED) is 0.695. The zero-order valence-electron chi connectivity index (χ0n) is 14.2. The molecule has 0 saturated carbocycles.